The van der Waals surface area contributed by atoms with Gasteiger partial charge in [-0.25, -0.2) is 17.9 Å². The molecule has 0 heterocycles. The number of hydrogen-bond donors (Lipinski definition) is 3. The third-order valence-corrected chi connectivity index (χ3v) is 5.90. The van der Waals surface area contributed by atoms with Crippen molar-refractivity contribution in [2.45, 2.75) is 50.6 Å². The molecule has 7 heteroatoms. The second-order valence-corrected chi connectivity index (χ2v) is 8.29. The van der Waals surface area contributed by atoms with Gasteiger partial charge in [-0.05, 0) is 44.0 Å². The second kappa shape index (κ2) is 9.01. The molecular weight excluding hydrogens is 364 g/mol. The first kappa shape index (κ1) is 20.9. The third-order valence-electron chi connectivity index (χ3n) is 4.27. The molecular formula is C20H26N2O4S. The first-order valence-corrected chi connectivity index (χ1v) is 10.4. The van der Waals surface area contributed by atoms with Crippen molar-refractivity contribution >= 4 is 21.7 Å². The zero-order chi connectivity index (χ0) is 20.0. The molecule has 0 radical (unpaired) electrons. The fourth-order valence-electron chi connectivity index (χ4n) is 2.88. The van der Waals surface area contributed by atoms with Gasteiger partial charge in [-0.2, -0.15) is 0 Å². The van der Waals surface area contributed by atoms with Crippen LogP contribution in [0.2, 0.25) is 0 Å². The molecule has 146 valence electrons. The van der Waals surface area contributed by atoms with Gasteiger partial charge in [0.05, 0.1) is 11.3 Å². The SMILES string of the molecule is CCC[C@@H](C)NS(=O)(=O)c1cc(C(=O)O)ccc1N[C@H](C)c1ccccc1. The minimum absolute atomic E-state index is 0.0619. The Morgan fingerprint density at radius 2 is 1.78 bits per heavy atom. The highest BCUT2D eigenvalue weighted by Gasteiger charge is 2.23. The minimum atomic E-state index is -3.87. The lowest BCUT2D eigenvalue weighted by atomic mass is 10.1. The van der Waals surface area contributed by atoms with Gasteiger partial charge in [0, 0.05) is 12.1 Å². The smallest absolute Gasteiger partial charge is 0.335 e. The number of carboxylic acids is 1. The average Bonchev–Trinajstić information content (AvgIpc) is 2.62. The van der Waals surface area contributed by atoms with Crippen molar-refractivity contribution < 1.29 is 18.3 Å². The molecule has 0 spiro atoms. The van der Waals surface area contributed by atoms with E-state index >= 15 is 0 Å². The van der Waals surface area contributed by atoms with Crippen molar-refractivity contribution in [3.05, 3.63) is 59.7 Å². The molecule has 0 bridgehead atoms. The Balaban J connectivity index is 2.41. The maximum Gasteiger partial charge on any atom is 0.335 e. The molecule has 0 aliphatic carbocycles. The normalized spacial score (nSPS) is 13.7. The first-order valence-electron chi connectivity index (χ1n) is 8.95. The van der Waals surface area contributed by atoms with Crippen LogP contribution in [0.4, 0.5) is 5.69 Å². The summed E-state index contributed by atoms with van der Waals surface area (Å²) in [6.07, 6.45) is 1.54. The second-order valence-electron chi connectivity index (χ2n) is 6.60. The number of hydrogen-bond acceptors (Lipinski definition) is 4. The lowest BCUT2D eigenvalue weighted by Crippen LogP contribution is -2.33. The summed E-state index contributed by atoms with van der Waals surface area (Å²) in [5.74, 6) is -1.17. The summed E-state index contributed by atoms with van der Waals surface area (Å²) in [6.45, 7) is 5.69. The molecule has 0 aromatic heterocycles. The number of carbonyl (C=O) groups is 1. The summed E-state index contributed by atoms with van der Waals surface area (Å²) in [5.41, 5.74) is 1.29. The average molecular weight is 391 g/mol. The van der Waals surface area contributed by atoms with E-state index in [4.69, 9.17) is 0 Å². The maximum absolute atomic E-state index is 12.9. The van der Waals surface area contributed by atoms with E-state index in [0.717, 1.165) is 12.0 Å². The summed E-state index contributed by atoms with van der Waals surface area (Å²) in [6, 6.07) is 13.3. The number of nitrogens with one attached hydrogen (secondary N) is 2. The highest BCUT2D eigenvalue weighted by Crippen LogP contribution is 2.27. The van der Waals surface area contributed by atoms with Crippen molar-refractivity contribution in [1.29, 1.82) is 0 Å². The number of aromatic carboxylic acids is 1. The van der Waals surface area contributed by atoms with E-state index in [1.165, 1.54) is 18.2 Å². The van der Waals surface area contributed by atoms with Crippen LogP contribution < -0.4 is 10.0 Å². The highest BCUT2D eigenvalue weighted by molar-refractivity contribution is 7.89. The molecule has 6 nitrogen and oxygen atoms in total. The van der Waals surface area contributed by atoms with Gasteiger partial charge in [0.2, 0.25) is 10.0 Å². The largest absolute Gasteiger partial charge is 0.478 e. The van der Waals surface area contributed by atoms with Gasteiger partial charge in [-0.3, -0.25) is 0 Å². The Bertz CT molecular complexity index is 882. The lowest BCUT2D eigenvalue weighted by molar-refractivity contribution is 0.0696. The topological polar surface area (TPSA) is 95.5 Å². The molecule has 0 saturated heterocycles. The van der Waals surface area contributed by atoms with E-state index in [0.29, 0.717) is 12.1 Å². The molecule has 0 aliphatic rings. The number of carboxylic acid groups (broad SMARTS) is 1. The number of rotatable bonds is 9. The van der Waals surface area contributed by atoms with Gasteiger partial charge < -0.3 is 10.4 Å². The quantitative estimate of drug-likeness (QED) is 0.601. The van der Waals surface area contributed by atoms with Crippen LogP contribution in [-0.2, 0) is 10.0 Å². The van der Waals surface area contributed by atoms with Gasteiger partial charge in [0.25, 0.3) is 0 Å². The van der Waals surface area contributed by atoms with E-state index in [1.807, 2.05) is 44.2 Å². The van der Waals surface area contributed by atoms with Gasteiger partial charge in [0.15, 0.2) is 0 Å². The molecule has 3 N–H and O–H groups in total. The molecule has 2 aromatic rings. The highest BCUT2D eigenvalue weighted by atomic mass is 32.2. The Hall–Kier alpha value is -2.38. The summed E-state index contributed by atoms with van der Waals surface area (Å²) in [5, 5.41) is 12.4. The fraction of sp³-hybridized carbons (Fsp3) is 0.350. The molecule has 0 unspecified atom stereocenters. The molecule has 0 fully saturated rings. The van der Waals surface area contributed by atoms with Crippen LogP contribution in [0.1, 0.15) is 55.6 Å². The summed E-state index contributed by atoms with van der Waals surface area (Å²) >= 11 is 0. The Labute approximate surface area is 160 Å². The Kier molecular flexibility index (Phi) is 6.98. The van der Waals surface area contributed by atoms with Crippen molar-refractivity contribution in [3.63, 3.8) is 0 Å². The molecule has 0 saturated carbocycles. The third kappa shape index (κ3) is 5.55. The fourth-order valence-corrected chi connectivity index (χ4v) is 4.35. The van der Waals surface area contributed by atoms with E-state index in [9.17, 15) is 18.3 Å². The molecule has 0 aliphatic heterocycles. The van der Waals surface area contributed by atoms with Gasteiger partial charge in [0.1, 0.15) is 4.90 Å². The van der Waals surface area contributed by atoms with Gasteiger partial charge in [-0.15, -0.1) is 0 Å². The van der Waals surface area contributed by atoms with Crippen LogP contribution in [0.3, 0.4) is 0 Å². The molecule has 27 heavy (non-hydrogen) atoms. The van der Waals surface area contributed by atoms with E-state index in [-0.39, 0.29) is 22.5 Å². The van der Waals surface area contributed by atoms with E-state index in [1.54, 1.807) is 6.92 Å². The van der Waals surface area contributed by atoms with E-state index < -0.39 is 16.0 Å². The number of sulfonamides is 1. The summed E-state index contributed by atoms with van der Waals surface area (Å²) < 4.78 is 28.4. The summed E-state index contributed by atoms with van der Waals surface area (Å²) in [4.78, 5) is 11.3. The van der Waals surface area contributed by atoms with Gasteiger partial charge >= 0.3 is 5.97 Å². The van der Waals surface area contributed by atoms with Crippen LogP contribution in [0.5, 0.6) is 0 Å². The van der Waals surface area contributed by atoms with Crippen LogP contribution in [-0.4, -0.2) is 25.5 Å². The van der Waals surface area contributed by atoms with Crippen LogP contribution in [0.15, 0.2) is 53.4 Å². The number of benzene rings is 2. The predicted molar refractivity (Wildman–Crippen MR) is 107 cm³/mol. The summed E-state index contributed by atoms with van der Waals surface area (Å²) in [7, 11) is -3.87. The van der Waals surface area contributed by atoms with Crippen LogP contribution in [0, 0.1) is 0 Å². The monoisotopic (exact) mass is 390 g/mol. The molecule has 2 aromatic carbocycles. The van der Waals surface area contributed by atoms with Crippen molar-refractivity contribution in [2.24, 2.45) is 0 Å². The van der Waals surface area contributed by atoms with Crippen molar-refractivity contribution in [3.8, 4) is 0 Å². The van der Waals surface area contributed by atoms with Crippen LogP contribution in [0.25, 0.3) is 0 Å². The maximum atomic E-state index is 12.9. The molecule has 2 atom stereocenters. The van der Waals surface area contributed by atoms with Gasteiger partial charge in [-0.1, -0.05) is 43.7 Å². The lowest BCUT2D eigenvalue weighted by Gasteiger charge is -2.20. The standard InChI is InChI=1S/C20H26N2O4S/c1-4-8-14(2)22-27(25,26)19-13-17(20(23)24)11-12-18(19)21-15(3)16-9-6-5-7-10-16/h5-7,9-15,21-22H,4,8H2,1-3H3,(H,23,24)/t14-,15-/m1/s1. The predicted octanol–water partition coefficient (Wildman–Crippen LogP) is 4.02. The number of anilines is 1. The van der Waals surface area contributed by atoms with Crippen molar-refractivity contribution in [2.75, 3.05) is 5.32 Å². The Morgan fingerprint density at radius 1 is 1.11 bits per heavy atom. The molecule has 0 amide bonds. The van der Waals surface area contributed by atoms with E-state index in [2.05, 4.69) is 10.0 Å². The zero-order valence-corrected chi connectivity index (χ0v) is 16.6. The first-order chi connectivity index (χ1) is 12.7. The Morgan fingerprint density at radius 3 is 2.37 bits per heavy atom. The minimum Gasteiger partial charge on any atom is -0.478 e. The molecule has 2 rings (SSSR count). The van der Waals surface area contributed by atoms with Crippen molar-refractivity contribution in [1.82, 2.24) is 4.72 Å². The zero-order valence-electron chi connectivity index (χ0n) is 15.8. The van der Waals surface area contributed by atoms with Crippen LogP contribution >= 0.6 is 0 Å².